The molecule has 3 rings (SSSR count). The Bertz CT molecular complexity index is 972. The summed E-state index contributed by atoms with van der Waals surface area (Å²) in [6.07, 6.45) is -5.01. The molecule has 1 fully saturated rings. The van der Waals surface area contributed by atoms with Crippen LogP contribution in [0.1, 0.15) is 43.4 Å². The second-order valence-corrected chi connectivity index (χ2v) is 8.28. The number of likely N-dealkylation sites (tertiary alicyclic amines) is 1. The second-order valence-electron chi connectivity index (χ2n) is 7.87. The molecule has 2 N–H and O–H groups in total. The fourth-order valence-electron chi connectivity index (χ4n) is 3.84. The fraction of sp³-hybridized carbons (Fsp3) is 0.500. The van der Waals surface area contributed by atoms with Crippen LogP contribution in [-0.2, 0) is 10.7 Å². The van der Waals surface area contributed by atoms with Crippen LogP contribution in [0.15, 0.2) is 17.8 Å². The maximum absolute atomic E-state index is 14.3. The van der Waals surface area contributed by atoms with Crippen molar-refractivity contribution in [2.24, 2.45) is 0 Å². The summed E-state index contributed by atoms with van der Waals surface area (Å²) in [5.74, 6) is -5.23. The molecule has 5 nitrogen and oxygen atoms in total. The van der Waals surface area contributed by atoms with Crippen molar-refractivity contribution in [2.45, 2.75) is 51.3 Å². The Labute approximate surface area is 181 Å². The van der Waals surface area contributed by atoms with Crippen LogP contribution in [0.5, 0.6) is 5.75 Å². The number of carbonyl (C=O) groups excluding carboxylic acids is 1. The highest BCUT2D eigenvalue weighted by Crippen LogP contribution is 2.50. The minimum atomic E-state index is -5.77. The number of hydrogen-bond acceptors (Lipinski definition) is 3. The molecule has 0 spiro atoms. The average Bonchev–Trinajstić information content (AvgIpc) is 3.06. The van der Waals surface area contributed by atoms with Gasteiger partial charge in [0.2, 0.25) is 5.91 Å². The van der Waals surface area contributed by atoms with E-state index < -0.39 is 23.3 Å². The lowest BCUT2D eigenvalue weighted by molar-refractivity contribution is -0.289. The minimum absolute atomic E-state index is 0.0115. The summed E-state index contributed by atoms with van der Waals surface area (Å²) < 4.78 is 73.9. The maximum atomic E-state index is 14.3. The van der Waals surface area contributed by atoms with Gasteiger partial charge in [-0.1, -0.05) is 0 Å². The molecule has 1 aromatic rings. The predicted octanol–water partition coefficient (Wildman–Crippen LogP) is 4.21. The van der Waals surface area contributed by atoms with E-state index in [1.54, 1.807) is 20.9 Å². The van der Waals surface area contributed by atoms with E-state index in [2.05, 4.69) is 10.6 Å². The van der Waals surface area contributed by atoms with Crippen LogP contribution < -0.4 is 15.4 Å². The number of amides is 1. The van der Waals surface area contributed by atoms with Crippen LogP contribution in [0.4, 0.5) is 22.0 Å². The highest BCUT2D eigenvalue weighted by Gasteiger charge is 2.60. The predicted molar refractivity (Wildman–Crippen MR) is 108 cm³/mol. The highest BCUT2D eigenvalue weighted by atomic mass is 32.1. The molecular weight excluding hydrogens is 441 g/mol. The number of alkyl halides is 5. The van der Waals surface area contributed by atoms with E-state index in [4.69, 9.17) is 17.0 Å². The SMILES string of the molecule is CNC(=S)NC1=C(N2CCCC2=O)c2c(ccc(C(F)(F)C(F)(F)F)c2C)OC1(C)C. The average molecular weight is 463 g/mol. The number of hydrogen-bond donors (Lipinski definition) is 2. The number of nitrogens with zero attached hydrogens (tertiary/aromatic N) is 1. The van der Waals surface area contributed by atoms with Gasteiger partial charge in [0.15, 0.2) is 5.11 Å². The molecule has 2 heterocycles. The molecule has 1 amide bonds. The fourth-order valence-corrected chi connectivity index (χ4v) is 3.94. The van der Waals surface area contributed by atoms with Crippen LogP contribution in [0.3, 0.4) is 0 Å². The highest BCUT2D eigenvalue weighted by molar-refractivity contribution is 7.80. The van der Waals surface area contributed by atoms with Gasteiger partial charge in [0.05, 0.1) is 11.4 Å². The van der Waals surface area contributed by atoms with Crippen LogP contribution in [0.2, 0.25) is 0 Å². The summed E-state index contributed by atoms with van der Waals surface area (Å²) in [6.45, 7) is 4.83. The van der Waals surface area contributed by atoms with Crippen molar-refractivity contribution in [3.63, 3.8) is 0 Å². The maximum Gasteiger partial charge on any atom is 0.458 e. The molecule has 1 saturated heterocycles. The van der Waals surface area contributed by atoms with Crippen LogP contribution >= 0.6 is 12.2 Å². The van der Waals surface area contributed by atoms with Gasteiger partial charge >= 0.3 is 12.1 Å². The Balaban J connectivity index is 2.34. The second kappa shape index (κ2) is 7.61. The monoisotopic (exact) mass is 463 g/mol. The molecule has 2 aliphatic heterocycles. The quantitative estimate of drug-likeness (QED) is 0.520. The number of benzene rings is 1. The van der Waals surface area contributed by atoms with Crippen molar-refractivity contribution in [2.75, 3.05) is 13.6 Å². The molecule has 11 heteroatoms. The third-order valence-electron chi connectivity index (χ3n) is 5.37. The molecule has 0 radical (unpaired) electrons. The Morgan fingerprint density at radius 3 is 2.39 bits per heavy atom. The molecule has 0 atom stereocenters. The van der Waals surface area contributed by atoms with Crippen LogP contribution in [0, 0.1) is 6.92 Å². The lowest BCUT2D eigenvalue weighted by atomic mass is 9.88. The number of nitrogens with one attached hydrogen (secondary N) is 2. The van der Waals surface area contributed by atoms with E-state index in [0.717, 1.165) is 12.1 Å². The van der Waals surface area contributed by atoms with Gasteiger partial charge in [0.25, 0.3) is 0 Å². The molecular formula is C20H22F5N3O2S. The summed E-state index contributed by atoms with van der Waals surface area (Å²) in [6, 6.07) is 1.81. The summed E-state index contributed by atoms with van der Waals surface area (Å²) >= 11 is 5.18. The van der Waals surface area contributed by atoms with E-state index >= 15 is 0 Å². The van der Waals surface area contributed by atoms with Crippen molar-refractivity contribution in [1.29, 1.82) is 0 Å². The first kappa shape index (κ1) is 23.2. The van der Waals surface area contributed by atoms with Crippen molar-refractivity contribution in [1.82, 2.24) is 15.5 Å². The van der Waals surface area contributed by atoms with Gasteiger partial charge in [-0.2, -0.15) is 22.0 Å². The van der Waals surface area contributed by atoms with E-state index in [0.29, 0.717) is 18.7 Å². The molecule has 0 unspecified atom stereocenters. The smallest absolute Gasteiger partial charge is 0.458 e. The zero-order valence-corrected chi connectivity index (χ0v) is 18.2. The number of fused-ring (bicyclic) bond motifs is 1. The van der Waals surface area contributed by atoms with Gasteiger partial charge in [-0.05, 0) is 57.1 Å². The summed E-state index contributed by atoms with van der Waals surface area (Å²) in [4.78, 5) is 14.0. The Kier molecular flexibility index (Phi) is 5.71. The molecule has 0 bridgehead atoms. The zero-order valence-electron chi connectivity index (χ0n) is 17.3. The summed E-state index contributed by atoms with van der Waals surface area (Å²) in [5.41, 5.74) is -2.08. The minimum Gasteiger partial charge on any atom is -0.481 e. The number of rotatable bonds is 3. The van der Waals surface area contributed by atoms with Crippen LogP contribution in [0.25, 0.3) is 5.70 Å². The first-order valence-electron chi connectivity index (χ1n) is 9.54. The summed E-state index contributed by atoms with van der Waals surface area (Å²) in [7, 11) is 1.56. The lowest BCUT2D eigenvalue weighted by Gasteiger charge is -2.40. The topological polar surface area (TPSA) is 53.6 Å². The molecule has 170 valence electrons. The van der Waals surface area contributed by atoms with Gasteiger partial charge in [0.1, 0.15) is 11.4 Å². The normalized spacial score (nSPS) is 18.6. The van der Waals surface area contributed by atoms with Crippen molar-refractivity contribution in [3.8, 4) is 5.75 Å². The Morgan fingerprint density at radius 2 is 1.87 bits per heavy atom. The largest absolute Gasteiger partial charge is 0.481 e. The van der Waals surface area contributed by atoms with E-state index in [1.807, 2.05) is 0 Å². The molecule has 0 aromatic heterocycles. The van der Waals surface area contributed by atoms with Crippen molar-refractivity contribution in [3.05, 3.63) is 34.5 Å². The number of halogens is 5. The van der Waals surface area contributed by atoms with E-state index in [9.17, 15) is 26.7 Å². The number of thiocarbonyl (C=S) groups is 1. The van der Waals surface area contributed by atoms with Gasteiger partial charge in [-0.15, -0.1) is 0 Å². The third kappa shape index (κ3) is 3.83. The van der Waals surface area contributed by atoms with Crippen molar-refractivity contribution >= 4 is 28.9 Å². The van der Waals surface area contributed by atoms with E-state index in [-0.39, 0.29) is 40.0 Å². The lowest BCUT2D eigenvalue weighted by Crippen LogP contribution is -2.48. The molecule has 0 aliphatic carbocycles. The standard InChI is InChI=1S/C20H22F5N3O2S/c1-10-11(19(21,22)20(23,24)25)7-8-12-14(10)15(28-9-5-6-13(28)29)16(18(2,3)30-12)27-17(31)26-4/h7-8H,5-6,9H2,1-4H3,(H2,26,27,31). The molecule has 0 saturated carbocycles. The Hall–Kier alpha value is -2.43. The van der Waals surface area contributed by atoms with E-state index in [1.165, 1.54) is 11.8 Å². The molecule has 31 heavy (non-hydrogen) atoms. The third-order valence-corrected chi connectivity index (χ3v) is 5.68. The first-order chi connectivity index (χ1) is 14.2. The number of carbonyl (C=O) groups is 1. The van der Waals surface area contributed by atoms with Crippen molar-refractivity contribution < 1.29 is 31.5 Å². The van der Waals surface area contributed by atoms with Gasteiger partial charge in [0, 0.05) is 31.1 Å². The van der Waals surface area contributed by atoms with Gasteiger partial charge < -0.3 is 20.3 Å². The first-order valence-corrected chi connectivity index (χ1v) is 9.95. The number of ether oxygens (including phenoxy) is 1. The Morgan fingerprint density at radius 1 is 1.23 bits per heavy atom. The molecule has 1 aromatic carbocycles. The van der Waals surface area contributed by atoms with Gasteiger partial charge in [-0.25, -0.2) is 0 Å². The van der Waals surface area contributed by atoms with Crippen LogP contribution in [-0.4, -0.2) is 41.3 Å². The molecule has 2 aliphatic rings. The van der Waals surface area contributed by atoms with Gasteiger partial charge in [-0.3, -0.25) is 4.79 Å². The zero-order chi connectivity index (χ0) is 23.4. The summed E-state index contributed by atoms with van der Waals surface area (Å²) in [5, 5.41) is 5.83.